The maximum atomic E-state index is 13.0. The van der Waals surface area contributed by atoms with Gasteiger partial charge in [0.25, 0.3) is 0 Å². The molecule has 35 heavy (non-hydrogen) atoms. The lowest BCUT2D eigenvalue weighted by atomic mass is 9.87. The molecule has 0 spiro atoms. The number of benzene rings is 3. The molecule has 6 nitrogen and oxygen atoms in total. The largest absolute Gasteiger partial charge is 0.493 e. The van der Waals surface area contributed by atoms with Gasteiger partial charge in [0.15, 0.2) is 11.5 Å². The fourth-order valence-electron chi connectivity index (χ4n) is 4.49. The van der Waals surface area contributed by atoms with Gasteiger partial charge in [0.05, 0.1) is 20.8 Å². The maximum absolute atomic E-state index is 13.0. The summed E-state index contributed by atoms with van der Waals surface area (Å²) in [4.78, 5) is 13.0. The summed E-state index contributed by atoms with van der Waals surface area (Å²) in [5.74, 6) is 1.11. The number of hydrogen-bond donors (Lipinski definition) is 1. The molecule has 1 heterocycles. The molecule has 0 aliphatic rings. The molecule has 1 aromatic heterocycles. The van der Waals surface area contributed by atoms with Gasteiger partial charge in [-0.25, -0.2) is 0 Å². The predicted octanol–water partition coefficient (Wildman–Crippen LogP) is 4.99. The van der Waals surface area contributed by atoms with Gasteiger partial charge in [-0.1, -0.05) is 54.6 Å². The number of amides is 1. The molecule has 4 rings (SSSR count). The first-order chi connectivity index (χ1) is 17.1. The Hall–Kier alpha value is -3.77. The summed E-state index contributed by atoms with van der Waals surface area (Å²) in [5, 5.41) is 4.11. The van der Waals surface area contributed by atoms with Crippen molar-refractivity contribution < 1.29 is 19.0 Å². The number of carbonyl (C=O) groups excluding carboxylic acids is 1. The quantitative estimate of drug-likeness (QED) is 0.313. The smallest absolute Gasteiger partial charge is 0.221 e. The van der Waals surface area contributed by atoms with Crippen LogP contribution < -0.4 is 14.8 Å². The molecule has 0 aliphatic heterocycles. The van der Waals surface area contributed by atoms with Gasteiger partial charge in [0.2, 0.25) is 5.91 Å². The van der Waals surface area contributed by atoms with E-state index >= 15 is 0 Å². The molecule has 1 atom stereocenters. The number of nitrogens with zero attached hydrogens (tertiary/aromatic N) is 1. The first-order valence-electron chi connectivity index (χ1n) is 11.7. The van der Waals surface area contributed by atoms with Gasteiger partial charge in [0, 0.05) is 49.6 Å². The lowest BCUT2D eigenvalue weighted by Crippen LogP contribution is -2.28. The lowest BCUT2D eigenvalue weighted by Gasteiger charge is -2.19. The minimum Gasteiger partial charge on any atom is -0.493 e. The minimum atomic E-state index is -0.167. The molecular weight excluding hydrogens is 440 g/mol. The molecular formula is C29H32N2O4. The molecule has 6 heteroatoms. The number of aromatic nitrogens is 1. The summed E-state index contributed by atoms with van der Waals surface area (Å²) >= 11 is 0. The van der Waals surface area contributed by atoms with Crippen molar-refractivity contribution in [3.63, 3.8) is 0 Å². The van der Waals surface area contributed by atoms with Crippen LogP contribution in [0.4, 0.5) is 0 Å². The summed E-state index contributed by atoms with van der Waals surface area (Å²) in [7, 11) is 4.87. The van der Waals surface area contributed by atoms with Crippen LogP contribution in [0.15, 0.2) is 79.0 Å². The average Bonchev–Trinajstić information content (AvgIpc) is 3.25. The van der Waals surface area contributed by atoms with Crippen molar-refractivity contribution in [3.8, 4) is 11.5 Å². The molecule has 0 unspecified atom stereocenters. The molecule has 0 saturated heterocycles. The zero-order chi connectivity index (χ0) is 24.6. The van der Waals surface area contributed by atoms with E-state index in [1.165, 1.54) is 5.56 Å². The maximum Gasteiger partial charge on any atom is 0.221 e. The Balaban J connectivity index is 1.78. The Kier molecular flexibility index (Phi) is 8.06. The van der Waals surface area contributed by atoms with E-state index in [0.29, 0.717) is 31.1 Å². The van der Waals surface area contributed by atoms with E-state index in [0.717, 1.165) is 28.6 Å². The number of ether oxygens (including phenoxy) is 3. The number of methoxy groups -OCH3 is 3. The normalized spacial score (nSPS) is 11.9. The van der Waals surface area contributed by atoms with Crippen molar-refractivity contribution in [3.05, 3.63) is 95.7 Å². The van der Waals surface area contributed by atoms with Gasteiger partial charge >= 0.3 is 0 Å². The molecule has 3 aromatic carbocycles. The Labute approximate surface area is 206 Å². The Morgan fingerprint density at radius 2 is 1.66 bits per heavy atom. The number of nitrogens with one attached hydrogen (secondary N) is 1. The second kappa shape index (κ2) is 11.6. The molecule has 1 amide bonds. The van der Waals surface area contributed by atoms with E-state index in [4.69, 9.17) is 14.2 Å². The lowest BCUT2D eigenvalue weighted by molar-refractivity contribution is -0.121. The third-order valence-electron chi connectivity index (χ3n) is 6.22. The summed E-state index contributed by atoms with van der Waals surface area (Å²) in [5.41, 5.74) is 4.45. The van der Waals surface area contributed by atoms with Gasteiger partial charge in [-0.15, -0.1) is 0 Å². The van der Waals surface area contributed by atoms with Crippen molar-refractivity contribution in [2.45, 2.75) is 18.9 Å². The van der Waals surface area contributed by atoms with E-state index in [1.807, 2.05) is 30.3 Å². The highest BCUT2D eigenvalue weighted by atomic mass is 16.5. The molecule has 4 aromatic rings. The van der Waals surface area contributed by atoms with Gasteiger partial charge in [-0.3, -0.25) is 4.79 Å². The van der Waals surface area contributed by atoms with Crippen molar-refractivity contribution in [2.75, 3.05) is 34.5 Å². The zero-order valence-corrected chi connectivity index (χ0v) is 20.5. The highest BCUT2D eigenvalue weighted by Crippen LogP contribution is 2.38. The molecule has 0 aliphatic carbocycles. The van der Waals surface area contributed by atoms with E-state index in [1.54, 1.807) is 21.3 Å². The molecule has 0 fully saturated rings. The van der Waals surface area contributed by atoms with Crippen molar-refractivity contribution in [1.29, 1.82) is 0 Å². The van der Waals surface area contributed by atoms with Crippen LogP contribution in [0.5, 0.6) is 11.5 Å². The second-order valence-electron chi connectivity index (χ2n) is 8.43. The fourth-order valence-corrected chi connectivity index (χ4v) is 4.49. The SMILES string of the molecule is COCCNC(=O)C[C@@H](c1ccc(OC)c(OC)c1)c1cn(Cc2ccccc2)c2ccccc12. The number of carbonyl (C=O) groups is 1. The number of rotatable bonds is 11. The molecule has 182 valence electrons. The monoisotopic (exact) mass is 472 g/mol. The van der Waals surface area contributed by atoms with Crippen LogP contribution in [0.25, 0.3) is 10.9 Å². The first-order valence-corrected chi connectivity index (χ1v) is 11.7. The van der Waals surface area contributed by atoms with Crippen LogP contribution in [0.2, 0.25) is 0 Å². The van der Waals surface area contributed by atoms with Gasteiger partial charge < -0.3 is 24.1 Å². The van der Waals surface area contributed by atoms with Crippen LogP contribution >= 0.6 is 0 Å². The number of fused-ring (bicyclic) bond motifs is 1. The minimum absolute atomic E-state index is 0.0262. The van der Waals surface area contributed by atoms with Crippen molar-refractivity contribution >= 4 is 16.8 Å². The predicted molar refractivity (Wildman–Crippen MR) is 138 cm³/mol. The number of para-hydroxylation sites is 1. The highest BCUT2D eigenvalue weighted by molar-refractivity contribution is 5.87. The first kappa shape index (κ1) is 24.4. The van der Waals surface area contributed by atoms with Crippen LogP contribution in [-0.4, -0.2) is 45.0 Å². The summed E-state index contributed by atoms with van der Waals surface area (Å²) in [6, 6.07) is 24.6. The summed E-state index contributed by atoms with van der Waals surface area (Å²) in [6.45, 7) is 1.70. The average molecular weight is 473 g/mol. The Morgan fingerprint density at radius 1 is 0.914 bits per heavy atom. The van der Waals surface area contributed by atoms with E-state index in [2.05, 4.69) is 58.5 Å². The van der Waals surface area contributed by atoms with Gasteiger partial charge in [-0.05, 0) is 34.9 Å². The molecule has 0 bridgehead atoms. The van der Waals surface area contributed by atoms with Gasteiger partial charge in [0.1, 0.15) is 0 Å². The second-order valence-corrected chi connectivity index (χ2v) is 8.43. The zero-order valence-electron chi connectivity index (χ0n) is 20.5. The highest BCUT2D eigenvalue weighted by Gasteiger charge is 2.24. The Bertz CT molecular complexity index is 1270. The molecule has 0 radical (unpaired) electrons. The van der Waals surface area contributed by atoms with E-state index in [9.17, 15) is 4.79 Å². The molecule has 0 saturated carbocycles. The third-order valence-corrected chi connectivity index (χ3v) is 6.22. The third kappa shape index (κ3) is 5.66. The van der Waals surface area contributed by atoms with E-state index in [-0.39, 0.29) is 11.8 Å². The van der Waals surface area contributed by atoms with Crippen LogP contribution in [-0.2, 0) is 16.1 Å². The summed E-state index contributed by atoms with van der Waals surface area (Å²) < 4.78 is 18.4. The number of hydrogen-bond acceptors (Lipinski definition) is 4. The van der Waals surface area contributed by atoms with Crippen molar-refractivity contribution in [1.82, 2.24) is 9.88 Å². The van der Waals surface area contributed by atoms with Crippen LogP contribution in [0, 0.1) is 0 Å². The Morgan fingerprint density at radius 3 is 2.40 bits per heavy atom. The van der Waals surface area contributed by atoms with Crippen LogP contribution in [0.1, 0.15) is 29.0 Å². The van der Waals surface area contributed by atoms with Crippen LogP contribution in [0.3, 0.4) is 0 Å². The molecule has 1 N–H and O–H groups in total. The summed E-state index contributed by atoms with van der Waals surface area (Å²) in [6.07, 6.45) is 2.49. The topological polar surface area (TPSA) is 61.7 Å². The van der Waals surface area contributed by atoms with Crippen molar-refractivity contribution in [2.24, 2.45) is 0 Å². The fraction of sp³-hybridized carbons (Fsp3) is 0.276. The standard InChI is InChI=1S/C29H32N2O4/c1-33-16-15-30-29(32)18-24(22-13-14-27(34-2)28(17-22)35-3)25-20-31(19-21-9-5-4-6-10-21)26-12-8-7-11-23(25)26/h4-14,17,20,24H,15-16,18-19H2,1-3H3,(H,30,32)/t24-/m0/s1. The van der Waals surface area contributed by atoms with Gasteiger partial charge in [-0.2, -0.15) is 0 Å². The van der Waals surface area contributed by atoms with E-state index < -0.39 is 0 Å².